The highest BCUT2D eigenvalue weighted by atomic mass is 79.9. The topological polar surface area (TPSA) is 183 Å². The van der Waals surface area contributed by atoms with Gasteiger partial charge in [0.15, 0.2) is 0 Å². The molecule has 2 rings (SSSR count). The number of nitrogens with two attached hydrogens (primary N) is 1. The van der Waals surface area contributed by atoms with Gasteiger partial charge in [0.2, 0.25) is 5.96 Å². The van der Waals surface area contributed by atoms with Crippen molar-refractivity contribution in [2.24, 2.45) is 10.8 Å². The smallest absolute Gasteiger partial charge is 0.294 e. The third-order valence-corrected chi connectivity index (χ3v) is 5.03. The predicted molar refractivity (Wildman–Crippen MR) is 110 cm³/mol. The Morgan fingerprint density at radius 1 is 1.38 bits per heavy atom. The van der Waals surface area contributed by atoms with Crippen LogP contribution in [0.1, 0.15) is 11.1 Å². The first-order valence-corrected chi connectivity index (χ1v) is 9.98. The first kappa shape index (κ1) is 24.5. The summed E-state index contributed by atoms with van der Waals surface area (Å²) in [5.74, 6) is -0.695. The van der Waals surface area contributed by atoms with Crippen LogP contribution in [-0.2, 0) is 10.1 Å². The van der Waals surface area contributed by atoms with Crippen LogP contribution < -0.4 is 5.73 Å². The second-order valence-corrected chi connectivity index (χ2v) is 7.94. The number of hydrogen-bond donors (Lipinski definition) is 4. The highest BCUT2D eigenvalue weighted by Crippen LogP contribution is 2.31. The van der Waals surface area contributed by atoms with E-state index in [1.165, 1.54) is 24.3 Å². The van der Waals surface area contributed by atoms with Crippen LogP contribution >= 0.6 is 27.5 Å². The number of nitrogens with one attached hydrogen (secondary N) is 1. The number of guanidine groups is 1. The van der Waals surface area contributed by atoms with E-state index in [4.69, 9.17) is 32.5 Å². The van der Waals surface area contributed by atoms with E-state index in [1.807, 2.05) is 6.92 Å². The van der Waals surface area contributed by atoms with Gasteiger partial charge in [-0.2, -0.15) is 13.5 Å². The monoisotopic (exact) mass is 507 g/mol. The Morgan fingerprint density at radius 3 is 2.38 bits per heavy atom. The summed E-state index contributed by atoms with van der Waals surface area (Å²) in [5.41, 5.74) is 5.92. The van der Waals surface area contributed by atoms with Gasteiger partial charge in [-0.25, -0.2) is 0 Å². The summed E-state index contributed by atoms with van der Waals surface area (Å²) in [5, 5.41) is 30.3. The lowest BCUT2D eigenvalue weighted by molar-refractivity contribution is -0.385. The normalized spacial score (nSPS) is 10.9. The molecule has 29 heavy (non-hydrogen) atoms. The van der Waals surface area contributed by atoms with E-state index in [1.54, 1.807) is 12.1 Å². The van der Waals surface area contributed by atoms with Crippen molar-refractivity contribution in [2.45, 2.75) is 11.8 Å². The minimum Gasteiger partial charge on any atom is -0.367 e. The minimum absolute atomic E-state index is 0.0666. The molecule has 0 amide bonds. The molecule has 0 atom stereocenters. The molecule has 11 nitrogen and oxygen atoms in total. The van der Waals surface area contributed by atoms with E-state index >= 15 is 0 Å². The molecule has 0 saturated carbocycles. The highest BCUT2D eigenvalue weighted by Gasteiger charge is 2.16. The molecule has 2 aromatic rings. The zero-order valence-corrected chi connectivity index (χ0v) is 17.8. The van der Waals surface area contributed by atoms with Crippen LogP contribution in [0.2, 0.25) is 5.02 Å². The number of rotatable bonds is 4. The quantitative estimate of drug-likeness (QED) is 0.159. The van der Waals surface area contributed by atoms with Gasteiger partial charge >= 0.3 is 0 Å². The van der Waals surface area contributed by atoms with Gasteiger partial charge in [-0.1, -0.05) is 29.3 Å². The molecular weight excluding hydrogens is 494 g/mol. The number of hydrogen-bond acceptors (Lipinski definition) is 7. The summed E-state index contributed by atoms with van der Waals surface area (Å²) in [6.07, 6.45) is 1.07. The summed E-state index contributed by atoms with van der Waals surface area (Å²) >= 11 is 8.74. The molecular formula is C15H15BrClN5O6S. The maximum Gasteiger partial charge on any atom is 0.294 e. The number of benzene rings is 2. The third-order valence-electron chi connectivity index (χ3n) is 3.08. The Balaban J connectivity index is 0.000000326. The van der Waals surface area contributed by atoms with Crippen LogP contribution in [0.15, 0.2) is 50.9 Å². The van der Waals surface area contributed by atoms with Crippen molar-refractivity contribution in [2.75, 3.05) is 0 Å². The lowest BCUT2D eigenvalue weighted by Gasteiger charge is -2.06. The number of nitro benzene ring substituents is 1. The molecule has 0 spiro atoms. The lowest BCUT2D eigenvalue weighted by Crippen LogP contribution is -2.28. The van der Waals surface area contributed by atoms with Crippen LogP contribution in [0, 0.1) is 22.4 Å². The summed E-state index contributed by atoms with van der Waals surface area (Å²) in [7, 11) is -4.02. The van der Waals surface area contributed by atoms with Crippen molar-refractivity contribution < 1.29 is 23.1 Å². The number of aryl methyl sites for hydroxylation is 1. The average Bonchev–Trinajstić information content (AvgIpc) is 2.61. The zero-order valence-electron chi connectivity index (χ0n) is 14.7. The van der Waals surface area contributed by atoms with Crippen molar-refractivity contribution in [3.05, 3.63) is 67.1 Å². The molecule has 156 valence electrons. The summed E-state index contributed by atoms with van der Waals surface area (Å²) < 4.78 is 29.7. The summed E-state index contributed by atoms with van der Waals surface area (Å²) in [6, 6.07) is 8.56. The molecule has 14 heteroatoms. The molecule has 0 bridgehead atoms. The number of hydroxylamine groups is 1. The van der Waals surface area contributed by atoms with Crippen molar-refractivity contribution in [1.82, 2.24) is 5.17 Å². The van der Waals surface area contributed by atoms with Gasteiger partial charge in [0.25, 0.3) is 15.8 Å². The van der Waals surface area contributed by atoms with Crippen LogP contribution in [0.5, 0.6) is 0 Å². The second-order valence-electron chi connectivity index (χ2n) is 5.29. The van der Waals surface area contributed by atoms with Gasteiger partial charge in [-0.15, -0.1) is 5.17 Å². The van der Waals surface area contributed by atoms with Gasteiger partial charge in [0.1, 0.15) is 4.47 Å². The Kier molecular flexibility index (Phi) is 8.66. The first-order chi connectivity index (χ1) is 13.3. The fraction of sp³-hybridized carbons (Fsp3) is 0.0667. The van der Waals surface area contributed by atoms with Crippen molar-refractivity contribution in [1.29, 1.82) is 5.41 Å². The van der Waals surface area contributed by atoms with Gasteiger partial charge in [-0.3, -0.25) is 25.3 Å². The standard InChI is InChI=1S/C8H7BrClN5O3.C7H8O3S/c9-7-4(3-13-14(16)8(11)12)1-5(10)2-6(7)15(17)18;1-6-2-4-7(5-3-6)11(8,9)10/h1-3,16H,(H3,11,12);2-5H,1H3,(H,8,9,10). The fourth-order valence-electron chi connectivity index (χ4n) is 1.71. The van der Waals surface area contributed by atoms with E-state index in [9.17, 15) is 18.5 Å². The number of nitro groups is 1. The van der Waals surface area contributed by atoms with Crippen LogP contribution in [0.4, 0.5) is 5.69 Å². The molecule has 0 fully saturated rings. The van der Waals surface area contributed by atoms with E-state index in [2.05, 4.69) is 21.0 Å². The highest BCUT2D eigenvalue weighted by molar-refractivity contribution is 9.10. The zero-order chi connectivity index (χ0) is 22.4. The molecule has 2 aromatic carbocycles. The minimum atomic E-state index is -4.02. The van der Waals surface area contributed by atoms with E-state index in [-0.39, 0.29) is 30.8 Å². The van der Waals surface area contributed by atoms with Gasteiger partial charge in [-0.05, 0) is 41.1 Å². The average molecular weight is 509 g/mol. The molecule has 0 unspecified atom stereocenters. The predicted octanol–water partition coefficient (Wildman–Crippen LogP) is 3.17. The fourth-order valence-corrected chi connectivity index (χ4v) is 2.89. The Labute approximate surface area is 178 Å². The van der Waals surface area contributed by atoms with Crippen LogP contribution in [-0.4, -0.2) is 40.4 Å². The molecule has 0 aliphatic carbocycles. The SMILES string of the molecule is Cc1ccc(S(=O)(=O)O)cc1.N=C(N)N(O)N=Cc1cc(Cl)cc([N+](=O)[O-])c1Br. The van der Waals surface area contributed by atoms with Gasteiger partial charge in [0, 0.05) is 16.7 Å². The number of halogens is 2. The van der Waals surface area contributed by atoms with Crippen molar-refractivity contribution >= 4 is 55.5 Å². The molecule has 5 N–H and O–H groups in total. The lowest BCUT2D eigenvalue weighted by atomic mass is 10.2. The van der Waals surface area contributed by atoms with Crippen LogP contribution in [0.25, 0.3) is 0 Å². The maximum absolute atomic E-state index is 10.7. The van der Waals surface area contributed by atoms with Gasteiger partial charge in [0.05, 0.1) is 16.0 Å². The number of nitrogens with zero attached hydrogens (tertiary/aromatic N) is 3. The third kappa shape index (κ3) is 7.75. The summed E-state index contributed by atoms with van der Waals surface area (Å²) in [4.78, 5) is 10.0. The molecule has 0 aliphatic rings. The molecule has 0 aliphatic heterocycles. The van der Waals surface area contributed by atoms with Crippen LogP contribution in [0.3, 0.4) is 0 Å². The summed E-state index contributed by atoms with van der Waals surface area (Å²) in [6.45, 7) is 1.84. The van der Waals surface area contributed by atoms with Crippen molar-refractivity contribution in [3.8, 4) is 0 Å². The van der Waals surface area contributed by atoms with E-state index in [0.29, 0.717) is 0 Å². The van der Waals surface area contributed by atoms with E-state index < -0.39 is 21.0 Å². The molecule has 0 radical (unpaired) electrons. The molecule has 0 saturated heterocycles. The Morgan fingerprint density at radius 2 is 1.93 bits per heavy atom. The first-order valence-electron chi connectivity index (χ1n) is 7.37. The Hall–Kier alpha value is -2.58. The Bertz CT molecular complexity index is 1050. The van der Waals surface area contributed by atoms with Crippen molar-refractivity contribution in [3.63, 3.8) is 0 Å². The molecule has 0 heterocycles. The second kappa shape index (κ2) is 10.3. The van der Waals surface area contributed by atoms with Gasteiger partial charge < -0.3 is 5.73 Å². The number of hydrazone groups is 1. The molecule has 0 aromatic heterocycles. The largest absolute Gasteiger partial charge is 0.367 e. The van der Waals surface area contributed by atoms with E-state index in [0.717, 1.165) is 11.8 Å². The maximum atomic E-state index is 10.7.